The first kappa shape index (κ1) is 20.7. The number of nitrogens with zero attached hydrogens (tertiary/aromatic N) is 2. The van der Waals surface area contributed by atoms with Gasteiger partial charge in [0.25, 0.3) is 5.91 Å². The van der Waals surface area contributed by atoms with Crippen LogP contribution >= 0.6 is 22.7 Å². The Morgan fingerprint density at radius 1 is 1.18 bits per heavy atom. The van der Waals surface area contributed by atoms with Crippen LogP contribution in [0.15, 0.2) is 46.7 Å². The molecule has 0 spiro atoms. The highest BCUT2D eigenvalue weighted by molar-refractivity contribution is 7.89. The number of hydrogen-bond donors (Lipinski definition) is 1. The molecule has 0 radical (unpaired) electrons. The number of thiazole rings is 1. The first-order valence-corrected chi connectivity index (χ1v) is 11.9. The van der Waals surface area contributed by atoms with E-state index in [1.54, 1.807) is 44.2 Å². The molecule has 1 aromatic carbocycles. The summed E-state index contributed by atoms with van der Waals surface area (Å²) in [6, 6.07) is 10.2. The van der Waals surface area contributed by atoms with E-state index in [0.29, 0.717) is 29.3 Å². The van der Waals surface area contributed by atoms with E-state index in [2.05, 4.69) is 10.3 Å². The predicted octanol–water partition coefficient (Wildman–Crippen LogP) is 4.46. The van der Waals surface area contributed by atoms with Gasteiger partial charge in [-0.3, -0.25) is 4.79 Å². The third-order valence-electron chi connectivity index (χ3n) is 4.17. The molecule has 0 atom stereocenters. The second kappa shape index (κ2) is 8.52. The zero-order valence-electron chi connectivity index (χ0n) is 15.8. The summed E-state index contributed by atoms with van der Waals surface area (Å²) in [7, 11) is -3.58. The molecular formula is C19H21N3O3S3. The number of carbonyl (C=O) groups excluding carboxylic acids is 1. The molecule has 1 amide bonds. The van der Waals surface area contributed by atoms with Crippen molar-refractivity contribution in [2.45, 2.75) is 25.7 Å². The topological polar surface area (TPSA) is 79.4 Å². The fourth-order valence-electron chi connectivity index (χ4n) is 2.75. The highest BCUT2D eigenvalue weighted by Gasteiger charge is 2.22. The summed E-state index contributed by atoms with van der Waals surface area (Å²) in [6.07, 6.45) is 0. The van der Waals surface area contributed by atoms with Gasteiger partial charge in [0, 0.05) is 18.8 Å². The third-order valence-corrected chi connectivity index (χ3v) is 8.41. The summed E-state index contributed by atoms with van der Waals surface area (Å²) in [5.41, 5.74) is 1.08. The van der Waals surface area contributed by atoms with Crippen molar-refractivity contribution in [2.24, 2.45) is 0 Å². The number of aromatic nitrogens is 1. The van der Waals surface area contributed by atoms with Gasteiger partial charge < -0.3 is 5.32 Å². The van der Waals surface area contributed by atoms with Gasteiger partial charge in [0.1, 0.15) is 9.88 Å². The molecule has 9 heteroatoms. The van der Waals surface area contributed by atoms with Crippen LogP contribution in [0.5, 0.6) is 0 Å². The van der Waals surface area contributed by atoms with Gasteiger partial charge in [-0.15, -0.1) is 22.7 Å². The van der Waals surface area contributed by atoms with E-state index in [0.717, 1.165) is 9.88 Å². The molecule has 0 saturated carbocycles. The standard InChI is InChI=1S/C19H21N3O3S3/c1-4-22(5-2)28(24,25)15-9-6-8-14(12-15)21-18(23)17-13(3)20-19(27-17)16-10-7-11-26-16/h6-12H,4-5H2,1-3H3,(H,21,23). The molecule has 28 heavy (non-hydrogen) atoms. The second-order valence-electron chi connectivity index (χ2n) is 5.98. The SMILES string of the molecule is CCN(CC)S(=O)(=O)c1cccc(NC(=O)c2sc(-c3cccs3)nc2C)c1. The predicted molar refractivity (Wildman–Crippen MR) is 115 cm³/mol. The first-order chi connectivity index (χ1) is 13.4. The molecule has 0 saturated heterocycles. The van der Waals surface area contributed by atoms with Crippen LogP contribution in [0.3, 0.4) is 0 Å². The molecule has 2 aromatic heterocycles. The smallest absolute Gasteiger partial charge is 0.267 e. The van der Waals surface area contributed by atoms with Gasteiger partial charge in [0.15, 0.2) is 0 Å². The van der Waals surface area contributed by atoms with Gasteiger partial charge in [0.05, 0.1) is 15.5 Å². The monoisotopic (exact) mass is 435 g/mol. The zero-order valence-corrected chi connectivity index (χ0v) is 18.2. The van der Waals surface area contributed by atoms with Crippen molar-refractivity contribution >= 4 is 44.3 Å². The summed E-state index contributed by atoms with van der Waals surface area (Å²) in [5.74, 6) is -0.296. The van der Waals surface area contributed by atoms with Gasteiger partial charge in [-0.1, -0.05) is 26.0 Å². The molecule has 1 N–H and O–H groups in total. The van der Waals surface area contributed by atoms with Crippen molar-refractivity contribution in [3.05, 3.63) is 52.3 Å². The normalized spacial score (nSPS) is 11.7. The maximum absolute atomic E-state index is 12.7. The number of anilines is 1. The van der Waals surface area contributed by atoms with Gasteiger partial charge >= 0.3 is 0 Å². The van der Waals surface area contributed by atoms with E-state index in [-0.39, 0.29) is 10.8 Å². The Hall–Kier alpha value is -2.07. The summed E-state index contributed by atoms with van der Waals surface area (Å²) in [5, 5.41) is 5.56. The van der Waals surface area contributed by atoms with Crippen LogP contribution in [0, 0.1) is 6.92 Å². The van der Waals surface area contributed by atoms with Gasteiger partial charge in [-0.05, 0) is 36.6 Å². The van der Waals surface area contributed by atoms with Crippen LogP contribution in [-0.4, -0.2) is 36.7 Å². The van der Waals surface area contributed by atoms with Gasteiger partial charge in [0.2, 0.25) is 10.0 Å². The van der Waals surface area contributed by atoms with Crippen LogP contribution in [0.4, 0.5) is 5.69 Å². The summed E-state index contributed by atoms with van der Waals surface area (Å²) < 4.78 is 26.8. The molecule has 148 valence electrons. The first-order valence-electron chi connectivity index (χ1n) is 8.79. The largest absolute Gasteiger partial charge is 0.321 e. The second-order valence-corrected chi connectivity index (χ2v) is 9.87. The van der Waals surface area contributed by atoms with Crippen molar-refractivity contribution in [1.82, 2.24) is 9.29 Å². The minimum Gasteiger partial charge on any atom is -0.321 e. The number of carbonyl (C=O) groups is 1. The molecule has 0 aliphatic rings. The molecule has 3 rings (SSSR count). The van der Waals surface area contributed by atoms with Crippen molar-refractivity contribution in [3.63, 3.8) is 0 Å². The van der Waals surface area contributed by atoms with E-state index in [1.165, 1.54) is 27.8 Å². The fraction of sp³-hybridized carbons (Fsp3) is 0.263. The van der Waals surface area contributed by atoms with E-state index in [4.69, 9.17) is 0 Å². The van der Waals surface area contributed by atoms with Crippen LogP contribution in [0.1, 0.15) is 29.2 Å². The molecule has 6 nitrogen and oxygen atoms in total. The lowest BCUT2D eigenvalue weighted by Gasteiger charge is -2.18. The molecule has 3 aromatic rings. The average Bonchev–Trinajstić information content (AvgIpc) is 3.32. The van der Waals surface area contributed by atoms with E-state index in [9.17, 15) is 13.2 Å². The lowest BCUT2D eigenvalue weighted by Crippen LogP contribution is -2.30. The van der Waals surface area contributed by atoms with Crippen LogP contribution in [-0.2, 0) is 10.0 Å². The van der Waals surface area contributed by atoms with E-state index >= 15 is 0 Å². The number of nitrogens with one attached hydrogen (secondary N) is 1. The lowest BCUT2D eigenvalue weighted by molar-refractivity contribution is 0.102. The van der Waals surface area contributed by atoms with Gasteiger partial charge in [-0.25, -0.2) is 13.4 Å². The molecule has 2 heterocycles. The van der Waals surface area contributed by atoms with Crippen LogP contribution in [0.2, 0.25) is 0 Å². The van der Waals surface area contributed by atoms with Gasteiger partial charge in [-0.2, -0.15) is 4.31 Å². The minimum atomic E-state index is -3.58. The number of thiophene rings is 1. The molecule has 0 unspecified atom stereocenters. The fourth-order valence-corrected chi connectivity index (χ4v) is 6.01. The van der Waals surface area contributed by atoms with Crippen molar-refractivity contribution in [2.75, 3.05) is 18.4 Å². The highest BCUT2D eigenvalue weighted by atomic mass is 32.2. The Bertz CT molecular complexity index is 1070. The highest BCUT2D eigenvalue weighted by Crippen LogP contribution is 2.31. The average molecular weight is 436 g/mol. The number of rotatable bonds is 7. The third kappa shape index (κ3) is 4.17. The Morgan fingerprint density at radius 2 is 1.93 bits per heavy atom. The number of hydrogen-bond acceptors (Lipinski definition) is 6. The number of sulfonamides is 1. The summed E-state index contributed by atoms with van der Waals surface area (Å²) in [4.78, 5) is 18.9. The maximum atomic E-state index is 12.7. The summed E-state index contributed by atoms with van der Waals surface area (Å²) >= 11 is 2.90. The molecule has 0 aliphatic carbocycles. The van der Waals surface area contributed by atoms with Crippen LogP contribution < -0.4 is 5.32 Å². The van der Waals surface area contributed by atoms with Crippen molar-refractivity contribution < 1.29 is 13.2 Å². The van der Waals surface area contributed by atoms with E-state index < -0.39 is 10.0 Å². The maximum Gasteiger partial charge on any atom is 0.267 e. The summed E-state index contributed by atoms with van der Waals surface area (Å²) in [6.45, 7) is 6.17. The Morgan fingerprint density at radius 3 is 2.57 bits per heavy atom. The Kier molecular flexibility index (Phi) is 6.29. The number of benzene rings is 1. The quantitative estimate of drug-likeness (QED) is 0.594. The van der Waals surface area contributed by atoms with Crippen molar-refractivity contribution in [1.29, 1.82) is 0 Å². The minimum absolute atomic E-state index is 0.161. The Balaban J connectivity index is 1.84. The zero-order chi connectivity index (χ0) is 20.3. The molecule has 0 aliphatic heterocycles. The lowest BCUT2D eigenvalue weighted by atomic mass is 10.3. The van der Waals surface area contributed by atoms with Crippen molar-refractivity contribution in [3.8, 4) is 9.88 Å². The molecular weight excluding hydrogens is 414 g/mol. The number of aryl methyl sites for hydroxylation is 1. The molecule has 0 fully saturated rings. The number of amides is 1. The van der Waals surface area contributed by atoms with Crippen LogP contribution in [0.25, 0.3) is 9.88 Å². The Labute approximate surface area is 172 Å². The van der Waals surface area contributed by atoms with E-state index in [1.807, 2.05) is 17.5 Å². The molecule has 0 bridgehead atoms.